The van der Waals surface area contributed by atoms with Crippen molar-refractivity contribution in [2.24, 2.45) is 0 Å². The minimum Gasteiger partial charge on any atom is -0.484 e. The Bertz CT molecular complexity index is 601. The molecule has 2 rings (SSSR count). The van der Waals surface area contributed by atoms with Gasteiger partial charge in [-0.15, -0.1) is 10.2 Å². The molecular formula is C14H17N3O2S2. The van der Waals surface area contributed by atoms with Gasteiger partial charge in [-0.05, 0) is 31.0 Å². The molecule has 0 unspecified atom stereocenters. The zero-order chi connectivity index (χ0) is 15.1. The molecule has 0 bridgehead atoms. The van der Waals surface area contributed by atoms with E-state index in [-0.39, 0.29) is 12.5 Å². The van der Waals surface area contributed by atoms with Gasteiger partial charge < -0.3 is 4.74 Å². The quantitative estimate of drug-likeness (QED) is 0.625. The summed E-state index contributed by atoms with van der Waals surface area (Å²) >= 11 is 3.02. The standard InChI is InChI=1S/C14H17N3O2S2/c1-3-7-20-14-17-16-13(21-14)15-12(18)9-19-11-6-4-5-10(2)8-11/h4-6,8H,3,7,9H2,1-2H3,(H,15,16,18). The highest BCUT2D eigenvalue weighted by Gasteiger charge is 2.09. The molecule has 112 valence electrons. The highest BCUT2D eigenvalue weighted by molar-refractivity contribution is 8.01. The highest BCUT2D eigenvalue weighted by atomic mass is 32.2. The second-order valence-corrected chi connectivity index (χ2v) is 6.69. The number of rotatable bonds is 7. The molecule has 2 aromatic rings. The fraction of sp³-hybridized carbons (Fsp3) is 0.357. The van der Waals surface area contributed by atoms with Crippen molar-refractivity contribution >= 4 is 34.1 Å². The van der Waals surface area contributed by atoms with Gasteiger partial charge >= 0.3 is 0 Å². The number of hydrogen-bond donors (Lipinski definition) is 1. The Balaban J connectivity index is 1.80. The maximum Gasteiger partial charge on any atom is 0.264 e. The third-order valence-corrected chi connectivity index (χ3v) is 4.62. The smallest absolute Gasteiger partial charge is 0.264 e. The average molecular weight is 323 g/mol. The van der Waals surface area contributed by atoms with E-state index in [0.29, 0.717) is 10.9 Å². The van der Waals surface area contributed by atoms with Crippen molar-refractivity contribution in [1.82, 2.24) is 10.2 Å². The van der Waals surface area contributed by atoms with Crippen LogP contribution in [0.1, 0.15) is 18.9 Å². The lowest BCUT2D eigenvalue weighted by Gasteiger charge is -2.05. The number of benzene rings is 1. The summed E-state index contributed by atoms with van der Waals surface area (Å²) in [7, 11) is 0. The van der Waals surface area contributed by atoms with Gasteiger partial charge in [0.15, 0.2) is 10.9 Å². The number of nitrogens with one attached hydrogen (secondary N) is 1. The largest absolute Gasteiger partial charge is 0.484 e. The van der Waals surface area contributed by atoms with E-state index >= 15 is 0 Å². The molecule has 0 fully saturated rings. The van der Waals surface area contributed by atoms with Crippen LogP contribution in [0.25, 0.3) is 0 Å². The lowest BCUT2D eigenvalue weighted by molar-refractivity contribution is -0.118. The van der Waals surface area contributed by atoms with Crippen molar-refractivity contribution in [2.75, 3.05) is 17.7 Å². The van der Waals surface area contributed by atoms with Gasteiger partial charge in [0.05, 0.1) is 0 Å². The van der Waals surface area contributed by atoms with Crippen molar-refractivity contribution in [3.05, 3.63) is 29.8 Å². The minimum atomic E-state index is -0.236. The molecule has 1 aromatic carbocycles. The average Bonchev–Trinajstić information content (AvgIpc) is 2.90. The molecule has 0 atom stereocenters. The molecule has 1 N–H and O–H groups in total. The van der Waals surface area contributed by atoms with Crippen LogP contribution in [0.3, 0.4) is 0 Å². The van der Waals surface area contributed by atoms with Gasteiger partial charge in [-0.3, -0.25) is 10.1 Å². The first-order valence-electron chi connectivity index (χ1n) is 6.63. The number of aromatic nitrogens is 2. The van der Waals surface area contributed by atoms with E-state index in [1.54, 1.807) is 11.8 Å². The summed E-state index contributed by atoms with van der Waals surface area (Å²) in [4.78, 5) is 11.8. The molecule has 1 heterocycles. The van der Waals surface area contributed by atoms with Crippen LogP contribution >= 0.6 is 23.1 Å². The number of anilines is 1. The van der Waals surface area contributed by atoms with Gasteiger partial charge in [-0.1, -0.05) is 42.2 Å². The van der Waals surface area contributed by atoms with E-state index in [1.165, 1.54) is 11.3 Å². The van der Waals surface area contributed by atoms with Gasteiger partial charge in [0.25, 0.3) is 5.91 Å². The second kappa shape index (κ2) is 7.99. The Hall–Kier alpha value is -1.60. The van der Waals surface area contributed by atoms with Gasteiger partial charge in [-0.25, -0.2) is 0 Å². The zero-order valence-corrected chi connectivity index (χ0v) is 13.6. The van der Waals surface area contributed by atoms with Crippen LogP contribution in [0, 0.1) is 6.92 Å². The normalized spacial score (nSPS) is 10.4. The monoisotopic (exact) mass is 323 g/mol. The first-order valence-corrected chi connectivity index (χ1v) is 8.43. The van der Waals surface area contributed by atoms with E-state index in [0.717, 1.165) is 22.1 Å². The fourth-order valence-electron chi connectivity index (χ4n) is 1.52. The first kappa shape index (κ1) is 15.8. The van der Waals surface area contributed by atoms with Crippen molar-refractivity contribution in [2.45, 2.75) is 24.6 Å². The van der Waals surface area contributed by atoms with Crippen molar-refractivity contribution in [3.63, 3.8) is 0 Å². The minimum absolute atomic E-state index is 0.0412. The number of ether oxygens (including phenoxy) is 1. The topological polar surface area (TPSA) is 64.1 Å². The molecule has 0 aliphatic rings. The number of carbonyl (C=O) groups is 1. The van der Waals surface area contributed by atoms with Crippen LogP contribution in [0.5, 0.6) is 5.75 Å². The van der Waals surface area contributed by atoms with Crippen molar-refractivity contribution in [3.8, 4) is 5.75 Å². The van der Waals surface area contributed by atoms with Crippen LogP contribution in [-0.4, -0.2) is 28.5 Å². The Morgan fingerprint density at radius 1 is 1.43 bits per heavy atom. The van der Waals surface area contributed by atoms with Crippen LogP contribution in [0.4, 0.5) is 5.13 Å². The lowest BCUT2D eigenvalue weighted by atomic mass is 10.2. The number of amides is 1. The van der Waals surface area contributed by atoms with Gasteiger partial charge in [-0.2, -0.15) is 0 Å². The predicted molar refractivity (Wildman–Crippen MR) is 86.2 cm³/mol. The third kappa shape index (κ3) is 5.35. The molecule has 0 aliphatic carbocycles. The van der Waals surface area contributed by atoms with Gasteiger partial charge in [0.2, 0.25) is 5.13 Å². The summed E-state index contributed by atoms with van der Waals surface area (Å²) in [5.41, 5.74) is 1.09. The number of carbonyl (C=O) groups excluding carboxylic acids is 1. The van der Waals surface area contributed by atoms with Crippen molar-refractivity contribution < 1.29 is 9.53 Å². The summed E-state index contributed by atoms with van der Waals surface area (Å²) in [6, 6.07) is 7.58. The fourth-order valence-corrected chi connectivity index (χ4v) is 3.21. The molecular weight excluding hydrogens is 306 g/mol. The molecule has 1 aromatic heterocycles. The van der Waals surface area contributed by atoms with Crippen LogP contribution in [0.15, 0.2) is 28.6 Å². The van der Waals surface area contributed by atoms with Crippen LogP contribution < -0.4 is 10.1 Å². The number of hydrogen-bond acceptors (Lipinski definition) is 6. The molecule has 7 heteroatoms. The summed E-state index contributed by atoms with van der Waals surface area (Å²) in [6.45, 7) is 4.05. The Labute approximate surface area is 132 Å². The first-order chi connectivity index (χ1) is 10.2. The molecule has 0 saturated heterocycles. The maximum atomic E-state index is 11.8. The molecule has 5 nitrogen and oxygen atoms in total. The van der Waals surface area contributed by atoms with Gasteiger partial charge in [0.1, 0.15) is 5.75 Å². The molecule has 1 amide bonds. The number of thioether (sulfide) groups is 1. The van der Waals surface area contributed by atoms with E-state index in [1.807, 2.05) is 31.2 Å². The van der Waals surface area contributed by atoms with Crippen LogP contribution in [-0.2, 0) is 4.79 Å². The summed E-state index contributed by atoms with van der Waals surface area (Å²) < 4.78 is 6.30. The Morgan fingerprint density at radius 3 is 3.05 bits per heavy atom. The third-order valence-electron chi connectivity index (χ3n) is 2.44. The van der Waals surface area contributed by atoms with Crippen molar-refractivity contribution in [1.29, 1.82) is 0 Å². The highest BCUT2D eigenvalue weighted by Crippen LogP contribution is 2.25. The molecule has 0 aliphatic heterocycles. The lowest BCUT2D eigenvalue weighted by Crippen LogP contribution is -2.20. The Morgan fingerprint density at radius 2 is 2.29 bits per heavy atom. The molecule has 0 saturated carbocycles. The van der Waals surface area contributed by atoms with E-state index in [2.05, 4.69) is 22.4 Å². The summed E-state index contributed by atoms with van der Waals surface area (Å²) in [5, 5.41) is 11.1. The zero-order valence-electron chi connectivity index (χ0n) is 12.0. The maximum absolute atomic E-state index is 11.8. The predicted octanol–water partition coefficient (Wildman–Crippen LogP) is 3.37. The second-order valence-electron chi connectivity index (χ2n) is 4.37. The van der Waals surface area contributed by atoms with Gasteiger partial charge in [0, 0.05) is 5.75 Å². The summed E-state index contributed by atoms with van der Waals surface area (Å²) in [6.07, 6.45) is 1.08. The number of nitrogens with zero attached hydrogens (tertiary/aromatic N) is 2. The molecule has 0 radical (unpaired) electrons. The number of aryl methyl sites for hydroxylation is 1. The van der Waals surface area contributed by atoms with Crippen LogP contribution in [0.2, 0.25) is 0 Å². The Kier molecular flexibility index (Phi) is 6.01. The molecule has 0 spiro atoms. The SMILES string of the molecule is CCCSc1nnc(NC(=O)COc2cccc(C)c2)s1. The van der Waals surface area contributed by atoms with E-state index < -0.39 is 0 Å². The van der Waals surface area contributed by atoms with E-state index in [9.17, 15) is 4.79 Å². The molecule has 21 heavy (non-hydrogen) atoms. The van der Waals surface area contributed by atoms with E-state index in [4.69, 9.17) is 4.74 Å². The summed E-state index contributed by atoms with van der Waals surface area (Å²) in [5.74, 6) is 1.44.